The van der Waals surface area contributed by atoms with Crippen LogP contribution in [0.3, 0.4) is 0 Å². The zero-order valence-electron chi connectivity index (χ0n) is 10.5. The molecule has 1 aromatic heterocycles. The normalized spacial score (nSPS) is 12.9. The van der Waals surface area contributed by atoms with Gasteiger partial charge in [0.1, 0.15) is 4.21 Å². The first-order chi connectivity index (χ1) is 7.74. The minimum atomic E-state index is -3.36. The highest BCUT2D eigenvalue weighted by atomic mass is 32.2. The molecule has 0 aliphatic heterocycles. The molecule has 3 N–H and O–H groups in total. The predicted molar refractivity (Wildman–Crippen MR) is 71.5 cm³/mol. The lowest BCUT2D eigenvalue weighted by Crippen LogP contribution is -2.26. The first kappa shape index (κ1) is 14.6. The van der Waals surface area contributed by atoms with Gasteiger partial charge in [0.2, 0.25) is 10.0 Å². The summed E-state index contributed by atoms with van der Waals surface area (Å²) in [6.45, 7) is 7.08. The number of rotatable bonds is 5. The van der Waals surface area contributed by atoms with E-state index in [-0.39, 0.29) is 5.41 Å². The highest BCUT2D eigenvalue weighted by molar-refractivity contribution is 7.91. The average molecular weight is 276 g/mol. The summed E-state index contributed by atoms with van der Waals surface area (Å²) in [5.41, 5.74) is 6.43. The first-order valence-electron chi connectivity index (χ1n) is 5.52. The maximum atomic E-state index is 11.9. The molecule has 1 rings (SSSR count). The highest BCUT2D eigenvalue weighted by Gasteiger charge is 2.17. The summed E-state index contributed by atoms with van der Waals surface area (Å²) < 4.78 is 26.8. The minimum Gasteiger partial charge on any atom is -0.326 e. The van der Waals surface area contributed by atoms with Crippen LogP contribution in [0.5, 0.6) is 0 Å². The van der Waals surface area contributed by atoms with Crippen molar-refractivity contribution in [3.8, 4) is 0 Å². The van der Waals surface area contributed by atoms with Gasteiger partial charge in [-0.05, 0) is 28.8 Å². The molecule has 0 amide bonds. The second-order valence-corrected chi connectivity index (χ2v) is 8.09. The molecular formula is C11H20N2O2S2. The zero-order chi connectivity index (χ0) is 13.1. The SMILES string of the molecule is CC(C)(C)CCNS(=O)(=O)c1cc(CN)cs1. The van der Waals surface area contributed by atoms with Gasteiger partial charge in [0.05, 0.1) is 0 Å². The molecule has 0 atom stereocenters. The lowest BCUT2D eigenvalue weighted by Gasteiger charge is -2.17. The molecule has 0 aliphatic rings. The van der Waals surface area contributed by atoms with Gasteiger partial charge in [-0.1, -0.05) is 20.8 Å². The van der Waals surface area contributed by atoms with E-state index >= 15 is 0 Å². The van der Waals surface area contributed by atoms with Crippen LogP contribution in [0.1, 0.15) is 32.8 Å². The van der Waals surface area contributed by atoms with Gasteiger partial charge in [-0.3, -0.25) is 0 Å². The molecule has 1 aromatic rings. The molecule has 17 heavy (non-hydrogen) atoms. The van der Waals surface area contributed by atoms with E-state index in [9.17, 15) is 8.42 Å². The van der Waals surface area contributed by atoms with Crippen molar-refractivity contribution in [2.24, 2.45) is 11.1 Å². The van der Waals surface area contributed by atoms with Gasteiger partial charge in [-0.15, -0.1) is 11.3 Å². The molecule has 0 saturated heterocycles. The number of thiophene rings is 1. The predicted octanol–water partition coefficient (Wildman–Crippen LogP) is 1.92. The smallest absolute Gasteiger partial charge is 0.250 e. The molecule has 98 valence electrons. The van der Waals surface area contributed by atoms with Gasteiger partial charge in [0, 0.05) is 13.1 Å². The molecule has 0 fully saturated rings. The third-order valence-corrected chi connectivity index (χ3v) is 5.25. The third kappa shape index (κ3) is 4.75. The molecule has 1 heterocycles. The van der Waals surface area contributed by atoms with Gasteiger partial charge in [0.15, 0.2) is 0 Å². The third-order valence-electron chi connectivity index (χ3n) is 2.30. The Hall–Kier alpha value is -0.430. The Labute approximate surface area is 107 Å². The molecule has 0 saturated carbocycles. The fourth-order valence-electron chi connectivity index (χ4n) is 1.23. The maximum Gasteiger partial charge on any atom is 0.250 e. The summed E-state index contributed by atoms with van der Waals surface area (Å²) in [6, 6.07) is 1.63. The van der Waals surface area contributed by atoms with Crippen LogP contribution in [0.25, 0.3) is 0 Å². The number of hydrogen-bond acceptors (Lipinski definition) is 4. The van der Waals surface area contributed by atoms with E-state index in [0.29, 0.717) is 17.3 Å². The van der Waals surface area contributed by atoms with Crippen LogP contribution < -0.4 is 10.5 Å². The Morgan fingerprint density at radius 2 is 2.06 bits per heavy atom. The summed E-state index contributed by atoms with van der Waals surface area (Å²) in [7, 11) is -3.36. The second kappa shape index (κ2) is 5.48. The van der Waals surface area contributed by atoms with E-state index in [1.54, 1.807) is 11.4 Å². The monoisotopic (exact) mass is 276 g/mol. The van der Waals surface area contributed by atoms with Crippen molar-refractivity contribution >= 4 is 21.4 Å². The molecule has 0 radical (unpaired) electrons. The fourth-order valence-corrected chi connectivity index (χ4v) is 3.53. The summed E-state index contributed by atoms with van der Waals surface area (Å²) >= 11 is 1.21. The summed E-state index contributed by atoms with van der Waals surface area (Å²) in [5, 5.41) is 1.78. The highest BCUT2D eigenvalue weighted by Crippen LogP contribution is 2.21. The quantitative estimate of drug-likeness (QED) is 0.863. The van der Waals surface area contributed by atoms with Crippen LogP contribution in [0.15, 0.2) is 15.7 Å². The Kier molecular flexibility index (Phi) is 4.71. The lowest BCUT2D eigenvalue weighted by atomic mass is 9.93. The summed E-state index contributed by atoms with van der Waals surface area (Å²) in [6.07, 6.45) is 0.807. The molecule has 6 heteroatoms. The van der Waals surface area contributed by atoms with Crippen LogP contribution in [0.4, 0.5) is 0 Å². The standard InChI is InChI=1S/C11H20N2O2S2/c1-11(2,3)4-5-13-17(14,15)10-6-9(7-12)8-16-10/h6,8,13H,4-5,7,12H2,1-3H3. The summed E-state index contributed by atoms with van der Waals surface area (Å²) in [4.78, 5) is 0. The van der Waals surface area contributed by atoms with Crippen LogP contribution in [-0.4, -0.2) is 15.0 Å². The number of nitrogens with one attached hydrogen (secondary N) is 1. The van der Waals surface area contributed by atoms with Crippen molar-refractivity contribution in [2.75, 3.05) is 6.54 Å². The summed E-state index contributed by atoms with van der Waals surface area (Å²) in [5.74, 6) is 0. The van der Waals surface area contributed by atoms with Crippen molar-refractivity contribution in [1.82, 2.24) is 4.72 Å². The van der Waals surface area contributed by atoms with E-state index in [1.807, 2.05) is 0 Å². The van der Waals surface area contributed by atoms with Gasteiger partial charge < -0.3 is 5.73 Å². The Bertz CT molecular complexity index is 458. The zero-order valence-corrected chi connectivity index (χ0v) is 12.1. The Balaban J connectivity index is 2.63. The largest absolute Gasteiger partial charge is 0.326 e. The molecule has 4 nitrogen and oxygen atoms in total. The van der Waals surface area contributed by atoms with E-state index in [4.69, 9.17) is 5.73 Å². The Morgan fingerprint density at radius 3 is 2.53 bits per heavy atom. The molecule has 0 unspecified atom stereocenters. The molecule has 0 spiro atoms. The minimum absolute atomic E-state index is 0.125. The van der Waals surface area contributed by atoms with E-state index < -0.39 is 10.0 Å². The molecule has 0 bridgehead atoms. The fraction of sp³-hybridized carbons (Fsp3) is 0.636. The van der Waals surface area contributed by atoms with Crippen molar-refractivity contribution < 1.29 is 8.42 Å². The van der Waals surface area contributed by atoms with E-state index in [1.165, 1.54) is 11.3 Å². The molecular weight excluding hydrogens is 256 g/mol. The van der Waals surface area contributed by atoms with E-state index in [0.717, 1.165) is 12.0 Å². The number of hydrogen-bond donors (Lipinski definition) is 2. The first-order valence-corrected chi connectivity index (χ1v) is 7.88. The van der Waals surface area contributed by atoms with Crippen LogP contribution >= 0.6 is 11.3 Å². The van der Waals surface area contributed by atoms with Gasteiger partial charge in [0.25, 0.3) is 0 Å². The van der Waals surface area contributed by atoms with Gasteiger partial charge in [-0.2, -0.15) is 0 Å². The van der Waals surface area contributed by atoms with Crippen molar-refractivity contribution in [2.45, 2.75) is 37.9 Å². The van der Waals surface area contributed by atoms with Crippen molar-refractivity contribution in [1.29, 1.82) is 0 Å². The van der Waals surface area contributed by atoms with Gasteiger partial charge in [-0.25, -0.2) is 13.1 Å². The lowest BCUT2D eigenvalue weighted by molar-refractivity contribution is 0.378. The average Bonchev–Trinajstić information content (AvgIpc) is 2.63. The number of sulfonamides is 1. The van der Waals surface area contributed by atoms with Crippen LogP contribution in [0, 0.1) is 5.41 Å². The van der Waals surface area contributed by atoms with Crippen LogP contribution in [-0.2, 0) is 16.6 Å². The van der Waals surface area contributed by atoms with Gasteiger partial charge >= 0.3 is 0 Å². The molecule has 0 aromatic carbocycles. The van der Waals surface area contributed by atoms with Crippen LogP contribution in [0.2, 0.25) is 0 Å². The molecule has 0 aliphatic carbocycles. The number of nitrogens with two attached hydrogens (primary N) is 1. The van der Waals surface area contributed by atoms with E-state index in [2.05, 4.69) is 25.5 Å². The van der Waals surface area contributed by atoms with Crippen molar-refractivity contribution in [3.05, 3.63) is 17.0 Å². The topological polar surface area (TPSA) is 72.2 Å². The maximum absolute atomic E-state index is 11.9. The van der Waals surface area contributed by atoms with Crippen molar-refractivity contribution in [3.63, 3.8) is 0 Å². The Morgan fingerprint density at radius 1 is 1.41 bits per heavy atom. The second-order valence-electron chi connectivity index (χ2n) is 5.19.